The molecule has 0 aromatic rings. The van der Waals surface area contributed by atoms with Crippen molar-refractivity contribution in [1.82, 2.24) is 0 Å². The first-order valence-corrected chi connectivity index (χ1v) is 7.01. The van der Waals surface area contributed by atoms with E-state index in [1.165, 1.54) is 57.8 Å². The Morgan fingerprint density at radius 3 is 2.47 bits per heavy atom. The Balaban J connectivity index is 1.90. The Morgan fingerprint density at radius 1 is 1.07 bits per heavy atom. The largest absolute Gasteiger partial charge is 0.393 e. The highest BCUT2D eigenvalue weighted by atomic mass is 16.3. The van der Waals surface area contributed by atoms with Crippen molar-refractivity contribution in [3.63, 3.8) is 0 Å². The first-order valence-electron chi connectivity index (χ1n) is 7.01. The van der Waals surface area contributed by atoms with Gasteiger partial charge in [-0.15, -0.1) is 0 Å². The zero-order valence-electron chi connectivity index (χ0n) is 10.4. The van der Waals surface area contributed by atoms with Crippen LogP contribution < -0.4 is 0 Å². The number of hydrogen-bond donors (Lipinski definition) is 1. The van der Waals surface area contributed by atoms with Gasteiger partial charge in [0.2, 0.25) is 0 Å². The molecule has 0 saturated heterocycles. The molecule has 0 aromatic heterocycles. The van der Waals surface area contributed by atoms with Gasteiger partial charge < -0.3 is 5.11 Å². The lowest BCUT2D eigenvalue weighted by molar-refractivity contribution is 0.141. The second-order valence-corrected chi connectivity index (χ2v) is 5.23. The van der Waals surface area contributed by atoms with E-state index in [-0.39, 0.29) is 6.10 Å². The molecule has 1 N–H and O–H groups in total. The van der Waals surface area contributed by atoms with Gasteiger partial charge in [-0.05, 0) is 25.2 Å². The monoisotopic (exact) mass is 212 g/mol. The van der Waals surface area contributed by atoms with Crippen molar-refractivity contribution in [2.24, 2.45) is 5.92 Å². The molecule has 1 heteroatoms. The van der Waals surface area contributed by atoms with Gasteiger partial charge in [0.15, 0.2) is 0 Å². The van der Waals surface area contributed by atoms with Gasteiger partial charge in [0.1, 0.15) is 0 Å². The zero-order valence-corrected chi connectivity index (χ0v) is 10.4. The predicted molar refractivity (Wildman–Crippen MR) is 66.0 cm³/mol. The van der Waals surface area contributed by atoms with E-state index in [0.29, 0.717) is 0 Å². The first kappa shape index (κ1) is 13.0. The summed E-state index contributed by atoms with van der Waals surface area (Å²) in [5.74, 6) is 0.940. The molecule has 0 amide bonds. The van der Waals surface area contributed by atoms with E-state index in [0.717, 1.165) is 18.8 Å². The Labute approximate surface area is 95.3 Å². The Kier molecular flexibility index (Phi) is 7.08. The standard InChI is InChI=1S/C14H28O/c1-2-3-4-5-10-14(15)12-11-13-8-6-7-9-13/h13-15H,2-12H2,1H3. The Morgan fingerprint density at radius 2 is 1.80 bits per heavy atom. The fraction of sp³-hybridized carbons (Fsp3) is 1.00. The number of aliphatic hydroxyl groups is 1. The van der Waals surface area contributed by atoms with E-state index in [1.54, 1.807) is 0 Å². The van der Waals surface area contributed by atoms with Crippen LogP contribution >= 0.6 is 0 Å². The number of rotatable bonds is 8. The van der Waals surface area contributed by atoms with Crippen molar-refractivity contribution in [2.45, 2.75) is 83.7 Å². The minimum absolute atomic E-state index is 0.0116. The number of unbranched alkanes of at least 4 members (excludes halogenated alkanes) is 3. The average molecular weight is 212 g/mol. The van der Waals surface area contributed by atoms with E-state index in [1.807, 2.05) is 0 Å². The van der Waals surface area contributed by atoms with Gasteiger partial charge in [0.25, 0.3) is 0 Å². The van der Waals surface area contributed by atoms with Crippen LogP contribution in [0.25, 0.3) is 0 Å². The summed E-state index contributed by atoms with van der Waals surface area (Å²) in [6, 6.07) is 0. The molecule has 1 unspecified atom stereocenters. The molecular weight excluding hydrogens is 184 g/mol. The van der Waals surface area contributed by atoms with Crippen LogP contribution in [-0.4, -0.2) is 11.2 Å². The summed E-state index contributed by atoms with van der Waals surface area (Å²) in [7, 11) is 0. The van der Waals surface area contributed by atoms with Crippen LogP contribution in [0.2, 0.25) is 0 Å². The van der Waals surface area contributed by atoms with Gasteiger partial charge >= 0.3 is 0 Å². The van der Waals surface area contributed by atoms with Crippen molar-refractivity contribution in [2.75, 3.05) is 0 Å². The quantitative estimate of drug-likeness (QED) is 0.595. The summed E-state index contributed by atoms with van der Waals surface area (Å²) >= 11 is 0. The molecular formula is C14H28O. The van der Waals surface area contributed by atoms with E-state index < -0.39 is 0 Å². The molecule has 15 heavy (non-hydrogen) atoms. The molecule has 90 valence electrons. The van der Waals surface area contributed by atoms with Crippen LogP contribution in [0.3, 0.4) is 0 Å². The summed E-state index contributed by atoms with van der Waals surface area (Å²) < 4.78 is 0. The fourth-order valence-electron chi connectivity index (χ4n) is 2.68. The Hall–Kier alpha value is -0.0400. The van der Waals surface area contributed by atoms with Gasteiger partial charge in [-0.1, -0.05) is 58.3 Å². The first-order chi connectivity index (χ1) is 7.33. The molecule has 1 aliphatic carbocycles. The lowest BCUT2D eigenvalue weighted by Crippen LogP contribution is -2.08. The molecule has 0 heterocycles. The second kappa shape index (κ2) is 8.15. The van der Waals surface area contributed by atoms with Crippen LogP contribution in [0.4, 0.5) is 0 Å². The highest BCUT2D eigenvalue weighted by molar-refractivity contribution is 4.69. The van der Waals surface area contributed by atoms with Crippen LogP contribution in [0.5, 0.6) is 0 Å². The van der Waals surface area contributed by atoms with Crippen LogP contribution in [-0.2, 0) is 0 Å². The lowest BCUT2D eigenvalue weighted by atomic mass is 9.97. The lowest BCUT2D eigenvalue weighted by Gasteiger charge is -2.13. The summed E-state index contributed by atoms with van der Waals surface area (Å²) in [5, 5.41) is 9.81. The summed E-state index contributed by atoms with van der Waals surface area (Å²) in [5.41, 5.74) is 0. The maximum atomic E-state index is 9.81. The highest BCUT2D eigenvalue weighted by Crippen LogP contribution is 2.29. The maximum absolute atomic E-state index is 9.81. The maximum Gasteiger partial charge on any atom is 0.0540 e. The van der Waals surface area contributed by atoms with Crippen molar-refractivity contribution in [1.29, 1.82) is 0 Å². The molecule has 1 rings (SSSR count). The van der Waals surface area contributed by atoms with Crippen molar-refractivity contribution in [3.05, 3.63) is 0 Å². The van der Waals surface area contributed by atoms with Gasteiger partial charge in [0.05, 0.1) is 6.10 Å². The molecule has 1 fully saturated rings. The van der Waals surface area contributed by atoms with E-state index in [2.05, 4.69) is 6.92 Å². The summed E-state index contributed by atoms with van der Waals surface area (Å²) in [6.45, 7) is 2.23. The third kappa shape index (κ3) is 6.19. The molecule has 1 atom stereocenters. The normalized spacial score (nSPS) is 19.6. The van der Waals surface area contributed by atoms with E-state index in [4.69, 9.17) is 0 Å². The van der Waals surface area contributed by atoms with Crippen molar-refractivity contribution in [3.8, 4) is 0 Å². The third-order valence-corrected chi connectivity index (χ3v) is 3.77. The SMILES string of the molecule is CCCCCCC(O)CCC1CCCC1. The molecule has 1 saturated carbocycles. The molecule has 1 aliphatic rings. The number of hydrogen-bond acceptors (Lipinski definition) is 1. The smallest absolute Gasteiger partial charge is 0.0540 e. The summed E-state index contributed by atoms with van der Waals surface area (Å²) in [4.78, 5) is 0. The molecule has 0 aromatic carbocycles. The molecule has 0 spiro atoms. The summed E-state index contributed by atoms with van der Waals surface area (Å²) in [6.07, 6.45) is 14.2. The van der Waals surface area contributed by atoms with E-state index in [9.17, 15) is 5.11 Å². The molecule has 0 aliphatic heterocycles. The van der Waals surface area contributed by atoms with Crippen LogP contribution in [0, 0.1) is 5.92 Å². The molecule has 0 radical (unpaired) electrons. The highest BCUT2D eigenvalue weighted by Gasteiger charge is 2.16. The Bertz CT molecular complexity index is 138. The van der Waals surface area contributed by atoms with Gasteiger partial charge in [-0.2, -0.15) is 0 Å². The van der Waals surface area contributed by atoms with E-state index >= 15 is 0 Å². The predicted octanol–water partition coefficient (Wildman–Crippen LogP) is 4.29. The van der Waals surface area contributed by atoms with Gasteiger partial charge in [-0.3, -0.25) is 0 Å². The molecule has 1 nitrogen and oxygen atoms in total. The number of aliphatic hydroxyl groups excluding tert-OH is 1. The van der Waals surface area contributed by atoms with Gasteiger partial charge in [-0.25, -0.2) is 0 Å². The minimum Gasteiger partial charge on any atom is -0.393 e. The van der Waals surface area contributed by atoms with Gasteiger partial charge in [0, 0.05) is 0 Å². The fourth-order valence-corrected chi connectivity index (χ4v) is 2.68. The average Bonchev–Trinajstić information content (AvgIpc) is 2.74. The van der Waals surface area contributed by atoms with Crippen LogP contribution in [0.1, 0.15) is 77.6 Å². The minimum atomic E-state index is -0.0116. The van der Waals surface area contributed by atoms with Crippen LogP contribution in [0.15, 0.2) is 0 Å². The molecule has 0 bridgehead atoms. The third-order valence-electron chi connectivity index (χ3n) is 3.77. The second-order valence-electron chi connectivity index (χ2n) is 5.23. The zero-order chi connectivity index (χ0) is 10.9. The van der Waals surface area contributed by atoms with Crippen molar-refractivity contribution >= 4 is 0 Å². The topological polar surface area (TPSA) is 20.2 Å². The van der Waals surface area contributed by atoms with Crippen molar-refractivity contribution < 1.29 is 5.11 Å².